The monoisotopic (exact) mass is 331 g/mol. The predicted molar refractivity (Wildman–Crippen MR) is 79.2 cm³/mol. The molecule has 1 aliphatic heterocycles. The van der Waals surface area contributed by atoms with Gasteiger partial charge < -0.3 is 11.1 Å². The summed E-state index contributed by atoms with van der Waals surface area (Å²) in [4.78, 5) is 23.5. The number of halogens is 1. The van der Waals surface area contributed by atoms with Crippen LogP contribution in [0.4, 0.5) is 11.4 Å². The minimum atomic E-state index is -3.77. The molecule has 2 amide bonds. The molecule has 21 heavy (non-hydrogen) atoms. The molecule has 0 aromatic heterocycles. The molecule has 1 aliphatic rings. The zero-order valence-corrected chi connectivity index (χ0v) is 13.0. The van der Waals surface area contributed by atoms with Crippen LogP contribution >= 0.6 is 11.6 Å². The lowest BCUT2D eigenvalue weighted by Gasteiger charge is -2.42. The Kier molecular flexibility index (Phi) is 3.63. The van der Waals surface area contributed by atoms with E-state index in [9.17, 15) is 18.0 Å². The average Bonchev–Trinajstić information content (AvgIpc) is 2.39. The molecule has 2 rings (SSSR count). The Balaban J connectivity index is 2.07. The van der Waals surface area contributed by atoms with Crippen molar-refractivity contribution in [3.8, 4) is 0 Å². The number of carbonyl (C=O) groups is 2. The quantitative estimate of drug-likeness (QED) is 0.796. The third-order valence-corrected chi connectivity index (χ3v) is 5.93. The van der Waals surface area contributed by atoms with Gasteiger partial charge in [-0.3, -0.25) is 9.59 Å². The van der Waals surface area contributed by atoms with Gasteiger partial charge in [-0.25, -0.2) is 12.7 Å². The van der Waals surface area contributed by atoms with E-state index in [-0.39, 0.29) is 5.69 Å². The molecule has 0 spiro atoms. The molecule has 0 atom stereocenters. The Morgan fingerprint density at radius 1 is 1.43 bits per heavy atom. The van der Waals surface area contributed by atoms with Crippen LogP contribution in [0.15, 0.2) is 18.2 Å². The van der Waals surface area contributed by atoms with Crippen LogP contribution in [0.25, 0.3) is 0 Å². The molecule has 9 heteroatoms. The van der Waals surface area contributed by atoms with Crippen molar-refractivity contribution in [3.63, 3.8) is 0 Å². The second-order valence-electron chi connectivity index (χ2n) is 5.11. The Hall–Kier alpha value is -1.80. The molecule has 0 saturated carbocycles. The normalized spacial score (nSPS) is 19.0. The number of carbonyl (C=O) groups excluding carboxylic acids is 2. The van der Waals surface area contributed by atoms with Gasteiger partial charge in [-0.2, -0.15) is 0 Å². The first-order valence-corrected chi connectivity index (χ1v) is 7.81. The fourth-order valence-electron chi connectivity index (χ4n) is 1.87. The number of nitrogens with zero attached hydrogens (tertiary/aromatic N) is 1. The van der Waals surface area contributed by atoms with Crippen LogP contribution in [0, 0.1) is 0 Å². The zero-order chi connectivity index (χ0) is 16.0. The van der Waals surface area contributed by atoms with Crippen molar-refractivity contribution in [3.05, 3.63) is 23.2 Å². The maximum Gasteiger partial charge on any atom is 0.259 e. The van der Waals surface area contributed by atoms with Gasteiger partial charge >= 0.3 is 0 Å². The smallest absolute Gasteiger partial charge is 0.259 e. The van der Waals surface area contributed by atoms with E-state index in [1.807, 2.05) is 0 Å². The summed E-state index contributed by atoms with van der Waals surface area (Å²) in [5.41, 5.74) is 6.24. The van der Waals surface area contributed by atoms with Gasteiger partial charge in [0, 0.05) is 5.69 Å². The van der Waals surface area contributed by atoms with Gasteiger partial charge in [0.05, 0.1) is 10.7 Å². The van der Waals surface area contributed by atoms with Gasteiger partial charge in [-0.1, -0.05) is 11.6 Å². The second kappa shape index (κ2) is 4.88. The highest BCUT2D eigenvalue weighted by atomic mass is 35.5. The van der Waals surface area contributed by atoms with Crippen LogP contribution in [0.3, 0.4) is 0 Å². The Bertz CT molecular complexity index is 730. The van der Waals surface area contributed by atoms with Gasteiger partial charge in [0.2, 0.25) is 5.91 Å². The number of benzene rings is 1. The van der Waals surface area contributed by atoms with E-state index < -0.39 is 33.1 Å². The van der Waals surface area contributed by atoms with Crippen LogP contribution in [0.2, 0.25) is 5.02 Å². The number of nitrogens with two attached hydrogens (primary N) is 1. The maximum absolute atomic E-state index is 11.9. The number of sulfonamides is 1. The minimum Gasteiger partial charge on any atom is -0.397 e. The highest BCUT2D eigenvalue weighted by Gasteiger charge is 2.60. The van der Waals surface area contributed by atoms with Crippen molar-refractivity contribution in [1.82, 2.24) is 4.31 Å². The lowest BCUT2D eigenvalue weighted by atomic mass is 10.2. The third-order valence-electron chi connectivity index (χ3n) is 3.24. The van der Waals surface area contributed by atoms with Gasteiger partial charge in [0.25, 0.3) is 15.9 Å². The van der Waals surface area contributed by atoms with E-state index in [2.05, 4.69) is 5.32 Å². The molecule has 0 aliphatic carbocycles. The largest absolute Gasteiger partial charge is 0.397 e. The van der Waals surface area contributed by atoms with E-state index in [4.69, 9.17) is 17.3 Å². The van der Waals surface area contributed by atoms with Crippen LogP contribution in [0.1, 0.15) is 13.8 Å². The number of hydrogen-bond donors (Lipinski definition) is 2. The molecule has 1 saturated heterocycles. The first-order valence-electron chi connectivity index (χ1n) is 5.99. The fourth-order valence-corrected chi connectivity index (χ4v) is 3.47. The SMILES string of the molecule is CC1(C)C(=O)N(CC(=O)Nc2ccc(Cl)c(N)c2)S1(=O)=O. The molecular weight excluding hydrogens is 318 g/mol. The summed E-state index contributed by atoms with van der Waals surface area (Å²) in [6, 6.07) is 4.46. The minimum absolute atomic E-state index is 0.281. The zero-order valence-electron chi connectivity index (χ0n) is 11.4. The van der Waals surface area contributed by atoms with Crippen LogP contribution in [0.5, 0.6) is 0 Å². The summed E-state index contributed by atoms with van der Waals surface area (Å²) >= 11 is 5.75. The highest BCUT2D eigenvalue weighted by Crippen LogP contribution is 2.34. The Morgan fingerprint density at radius 2 is 2.05 bits per heavy atom. The van der Waals surface area contributed by atoms with Crippen LogP contribution < -0.4 is 11.1 Å². The standard InChI is InChI=1S/C12H14ClN3O4S/c1-12(2)11(18)16(21(12,19)20)6-10(17)15-7-3-4-8(13)9(14)5-7/h3-5H,6,14H2,1-2H3,(H,15,17). The van der Waals surface area contributed by atoms with E-state index >= 15 is 0 Å². The van der Waals surface area contributed by atoms with E-state index in [1.54, 1.807) is 0 Å². The first kappa shape index (κ1) is 15.6. The van der Waals surface area contributed by atoms with Gasteiger partial charge in [0.15, 0.2) is 4.75 Å². The Labute approximate surface area is 127 Å². The molecule has 1 heterocycles. The molecule has 0 unspecified atom stereocenters. The van der Waals surface area contributed by atoms with Gasteiger partial charge in [-0.15, -0.1) is 0 Å². The predicted octanol–water partition coefficient (Wildman–Crippen LogP) is 0.811. The van der Waals surface area contributed by atoms with E-state index in [0.717, 1.165) is 0 Å². The molecule has 1 aromatic carbocycles. The van der Waals surface area contributed by atoms with Crippen molar-refractivity contribution in [2.24, 2.45) is 0 Å². The number of anilines is 2. The van der Waals surface area contributed by atoms with Crippen molar-refractivity contribution in [1.29, 1.82) is 0 Å². The van der Waals surface area contributed by atoms with Gasteiger partial charge in [0.1, 0.15) is 6.54 Å². The van der Waals surface area contributed by atoms with Gasteiger partial charge in [-0.05, 0) is 32.0 Å². The molecule has 0 radical (unpaired) electrons. The summed E-state index contributed by atoms with van der Waals surface area (Å²) in [7, 11) is -3.77. The average molecular weight is 332 g/mol. The summed E-state index contributed by atoms with van der Waals surface area (Å²) < 4.78 is 22.8. The summed E-state index contributed by atoms with van der Waals surface area (Å²) in [5.74, 6) is -1.24. The van der Waals surface area contributed by atoms with Crippen molar-refractivity contribution >= 4 is 44.8 Å². The molecule has 114 valence electrons. The lowest BCUT2D eigenvalue weighted by Crippen LogP contribution is -2.68. The molecular formula is C12H14ClN3O4S. The van der Waals surface area contributed by atoms with Crippen molar-refractivity contribution < 1.29 is 18.0 Å². The first-order chi connectivity index (χ1) is 9.57. The molecule has 1 aromatic rings. The topological polar surface area (TPSA) is 110 Å². The molecule has 7 nitrogen and oxygen atoms in total. The van der Waals surface area contributed by atoms with E-state index in [0.29, 0.717) is 15.0 Å². The number of rotatable bonds is 3. The maximum atomic E-state index is 11.9. The number of nitrogen functional groups attached to an aromatic ring is 1. The number of hydrogen-bond acceptors (Lipinski definition) is 5. The second-order valence-corrected chi connectivity index (χ2v) is 7.93. The summed E-state index contributed by atoms with van der Waals surface area (Å²) in [6.45, 7) is 2.05. The molecule has 1 fully saturated rings. The summed E-state index contributed by atoms with van der Waals surface area (Å²) in [6.07, 6.45) is 0. The third kappa shape index (κ3) is 2.44. The van der Waals surface area contributed by atoms with Crippen LogP contribution in [-0.2, 0) is 19.6 Å². The van der Waals surface area contributed by atoms with Crippen molar-refractivity contribution in [2.75, 3.05) is 17.6 Å². The highest BCUT2D eigenvalue weighted by molar-refractivity contribution is 7.94. The van der Waals surface area contributed by atoms with E-state index in [1.165, 1.54) is 32.0 Å². The molecule has 3 N–H and O–H groups in total. The number of nitrogens with one attached hydrogen (secondary N) is 1. The summed E-state index contributed by atoms with van der Waals surface area (Å²) in [5, 5.41) is 2.80. The lowest BCUT2D eigenvalue weighted by molar-refractivity contribution is -0.134. The van der Waals surface area contributed by atoms with Crippen LogP contribution in [-0.4, -0.2) is 35.8 Å². The number of amides is 2. The fraction of sp³-hybridized carbons (Fsp3) is 0.333. The molecule has 0 bridgehead atoms. The Morgan fingerprint density at radius 3 is 2.57 bits per heavy atom. The van der Waals surface area contributed by atoms with Crippen molar-refractivity contribution in [2.45, 2.75) is 18.6 Å².